The summed E-state index contributed by atoms with van der Waals surface area (Å²) >= 11 is 0. The van der Waals surface area contributed by atoms with E-state index in [4.69, 9.17) is 0 Å². The Morgan fingerprint density at radius 3 is 2.52 bits per heavy atom. The summed E-state index contributed by atoms with van der Waals surface area (Å²) in [5.74, 6) is -1.48. The van der Waals surface area contributed by atoms with Crippen LogP contribution in [-0.2, 0) is 6.18 Å². The van der Waals surface area contributed by atoms with E-state index in [0.717, 1.165) is 33.7 Å². The first-order valence-corrected chi connectivity index (χ1v) is 9.89. The number of carbonyl (C=O) groups is 1. The average molecular weight is 454 g/mol. The van der Waals surface area contributed by atoms with Crippen LogP contribution < -0.4 is 10.6 Å². The van der Waals surface area contributed by atoms with Gasteiger partial charge in [-0.25, -0.2) is 14.4 Å². The van der Waals surface area contributed by atoms with Crippen molar-refractivity contribution in [3.8, 4) is 11.1 Å². The molecule has 0 spiro atoms. The predicted octanol–water partition coefficient (Wildman–Crippen LogP) is 6.06. The van der Waals surface area contributed by atoms with Crippen LogP contribution in [0.4, 0.5) is 29.2 Å². The molecule has 5 nitrogen and oxygen atoms in total. The molecule has 0 bridgehead atoms. The number of fused-ring (bicyclic) bond motifs is 1. The van der Waals surface area contributed by atoms with Crippen LogP contribution in [0.1, 0.15) is 21.5 Å². The van der Waals surface area contributed by atoms with E-state index in [-0.39, 0.29) is 0 Å². The van der Waals surface area contributed by atoms with Gasteiger partial charge in [-0.3, -0.25) is 4.79 Å². The van der Waals surface area contributed by atoms with Gasteiger partial charge in [0.1, 0.15) is 5.82 Å². The molecule has 1 amide bonds. The first kappa shape index (κ1) is 22.2. The van der Waals surface area contributed by atoms with Crippen LogP contribution >= 0.6 is 0 Å². The van der Waals surface area contributed by atoms with Crippen molar-refractivity contribution < 1.29 is 22.4 Å². The monoisotopic (exact) mass is 454 g/mol. The lowest BCUT2D eigenvalue weighted by atomic mass is 9.98. The normalized spacial score (nSPS) is 11.5. The first-order chi connectivity index (χ1) is 15.6. The molecule has 0 aliphatic rings. The van der Waals surface area contributed by atoms with Crippen molar-refractivity contribution in [2.45, 2.75) is 13.1 Å². The van der Waals surface area contributed by atoms with E-state index < -0.39 is 29.0 Å². The number of halogens is 4. The Kier molecular flexibility index (Phi) is 5.71. The number of nitrogens with zero attached hydrogens (tertiary/aromatic N) is 2. The molecule has 33 heavy (non-hydrogen) atoms. The topological polar surface area (TPSA) is 66.9 Å². The minimum absolute atomic E-state index is 0.351. The second-order valence-electron chi connectivity index (χ2n) is 7.43. The van der Waals surface area contributed by atoms with Crippen LogP contribution in [0.15, 0.2) is 60.8 Å². The number of hydrogen-bond donors (Lipinski definition) is 2. The third-order valence-corrected chi connectivity index (χ3v) is 5.10. The van der Waals surface area contributed by atoms with Gasteiger partial charge in [-0.05, 0) is 66.1 Å². The summed E-state index contributed by atoms with van der Waals surface area (Å²) in [6.07, 6.45) is -3.07. The van der Waals surface area contributed by atoms with E-state index in [1.807, 2.05) is 25.1 Å². The number of carbonyl (C=O) groups excluding carboxylic acids is 1. The fourth-order valence-electron chi connectivity index (χ4n) is 3.42. The zero-order valence-corrected chi connectivity index (χ0v) is 17.6. The molecule has 3 aromatic carbocycles. The molecule has 1 heterocycles. The number of amides is 1. The number of benzene rings is 3. The summed E-state index contributed by atoms with van der Waals surface area (Å²) < 4.78 is 52.6. The van der Waals surface area contributed by atoms with Crippen LogP contribution in [0.2, 0.25) is 0 Å². The quantitative estimate of drug-likeness (QED) is 0.368. The maximum absolute atomic E-state index is 13.7. The highest BCUT2D eigenvalue weighted by Crippen LogP contribution is 2.32. The Hall–Kier alpha value is -4.01. The summed E-state index contributed by atoms with van der Waals surface area (Å²) in [4.78, 5) is 21.1. The third-order valence-electron chi connectivity index (χ3n) is 5.10. The van der Waals surface area contributed by atoms with E-state index in [1.54, 1.807) is 31.4 Å². The molecule has 0 fully saturated rings. The van der Waals surface area contributed by atoms with Gasteiger partial charge >= 0.3 is 6.18 Å². The standard InChI is InChI=1S/C24H18F4N4O/c1-13-3-5-19(31-22(33)15-8-17(24(26,27)28)10-18(25)9-15)11-20(13)14-4-6-21-16(7-14)12-30-23(29-2)32-21/h3-12H,1-2H3,(H,31,33)(H,29,30,32). The zero-order valence-electron chi connectivity index (χ0n) is 17.6. The lowest BCUT2D eigenvalue weighted by Crippen LogP contribution is -2.14. The molecule has 9 heteroatoms. The number of anilines is 2. The number of alkyl halides is 3. The SMILES string of the molecule is CNc1ncc2cc(-c3cc(NC(=O)c4cc(F)cc(C(F)(F)F)c4)ccc3C)ccc2n1. The highest BCUT2D eigenvalue weighted by Gasteiger charge is 2.32. The summed E-state index contributed by atoms with van der Waals surface area (Å²) in [6, 6.07) is 12.5. The molecule has 0 aliphatic heterocycles. The van der Waals surface area contributed by atoms with E-state index in [9.17, 15) is 22.4 Å². The summed E-state index contributed by atoms with van der Waals surface area (Å²) in [5.41, 5.74) is 2.05. The van der Waals surface area contributed by atoms with Crippen molar-refractivity contribution in [2.24, 2.45) is 0 Å². The van der Waals surface area contributed by atoms with Crippen molar-refractivity contribution in [1.29, 1.82) is 0 Å². The van der Waals surface area contributed by atoms with Gasteiger partial charge in [0, 0.05) is 29.9 Å². The molecule has 0 unspecified atom stereocenters. The van der Waals surface area contributed by atoms with E-state index in [2.05, 4.69) is 20.6 Å². The smallest absolute Gasteiger partial charge is 0.357 e. The van der Waals surface area contributed by atoms with E-state index in [1.165, 1.54) is 0 Å². The van der Waals surface area contributed by atoms with Crippen LogP contribution in [0.25, 0.3) is 22.0 Å². The third kappa shape index (κ3) is 4.77. The molecule has 4 rings (SSSR count). The fourth-order valence-corrected chi connectivity index (χ4v) is 3.42. The first-order valence-electron chi connectivity index (χ1n) is 9.89. The van der Waals surface area contributed by atoms with Crippen molar-refractivity contribution in [3.63, 3.8) is 0 Å². The van der Waals surface area contributed by atoms with Gasteiger partial charge in [0.15, 0.2) is 0 Å². The Bertz CT molecular complexity index is 1370. The maximum atomic E-state index is 13.7. The predicted molar refractivity (Wildman–Crippen MR) is 119 cm³/mol. The van der Waals surface area contributed by atoms with Gasteiger partial charge in [-0.1, -0.05) is 12.1 Å². The van der Waals surface area contributed by atoms with Gasteiger partial charge in [0.05, 0.1) is 11.1 Å². The molecule has 0 saturated carbocycles. The summed E-state index contributed by atoms with van der Waals surface area (Å²) in [6.45, 7) is 1.90. The average Bonchev–Trinajstić information content (AvgIpc) is 2.78. The molecule has 0 radical (unpaired) electrons. The van der Waals surface area contributed by atoms with Crippen molar-refractivity contribution in [2.75, 3.05) is 17.7 Å². The van der Waals surface area contributed by atoms with Gasteiger partial charge < -0.3 is 10.6 Å². The lowest BCUT2D eigenvalue weighted by Gasteiger charge is -2.13. The largest absolute Gasteiger partial charge is 0.416 e. The highest BCUT2D eigenvalue weighted by molar-refractivity contribution is 6.04. The van der Waals surface area contributed by atoms with E-state index >= 15 is 0 Å². The molecule has 0 aliphatic carbocycles. The number of aromatic nitrogens is 2. The fraction of sp³-hybridized carbons (Fsp3) is 0.125. The Morgan fingerprint density at radius 2 is 1.79 bits per heavy atom. The number of aryl methyl sites for hydroxylation is 1. The van der Waals surface area contributed by atoms with Crippen molar-refractivity contribution in [3.05, 3.63) is 83.3 Å². The highest BCUT2D eigenvalue weighted by atomic mass is 19.4. The zero-order chi connectivity index (χ0) is 23.8. The van der Waals surface area contributed by atoms with Crippen LogP contribution in [-0.4, -0.2) is 22.9 Å². The second kappa shape index (κ2) is 8.50. The Labute approximate surface area is 186 Å². The molecular weight excluding hydrogens is 436 g/mol. The molecule has 4 aromatic rings. The summed E-state index contributed by atoms with van der Waals surface area (Å²) in [5, 5.41) is 6.25. The molecular formula is C24H18F4N4O. The minimum Gasteiger partial charge on any atom is -0.357 e. The van der Waals surface area contributed by atoms with Gasteiger partial charge in [0.25, 0.3) is 5.91 Å². The Morgan fingerprint density at radius 1 is 1.00 bits per heavy atom. The number of hydrogen-bond acceptors (Lipinski definition) is 4. The molecule has 2 N–H and O–H groups in total. The number of nitrogens with one attached hydrogen (secondary N) is 2. The summed E-state index contributed by atoms with van der Waals surface area (Å²) in [7, 11) is 1.73. The van der Waals surface area contributed by atoms with Crippen molar-refractivity contribution >= 4 is 28.4 Å². The molecule has 1 aromatic heterocycles. The van der Waals surface area contributed by atoms with Gasteiger partial charge in [0.2, 0.25) is 5.95 Å². The molecule has 0 atom stereocenters. The van der Waals surface area contributed by atoms with E-state index in [0.29, 0.717) is 23.8 Å². The Balaban J connectivity index is 1.65. The van der Waals surface area contributed by atoms with Gasteiger partial charge in [-0.2, -0.15) is 13.2 Å². The van der Waals surface area contributed by atoms with Crippen LogP contribution in [0.5, 0.6) is 0 Å². The second-order valence-corrected chi connectivity index (χ2v) is 7.43. The maximum Gasteiger partial charge on any atom is 0.416 e. The van der Waals surface area contributed by atoms with Crippen LogP contribution in [0, 0.1) is 12.7 Å². The van der Waals surface area contributed by atoms with Crippen molar-refractivity contribution in [1.82, 2.24) is 9.97 Å². The van der Waals surface area contributed by atoms with Gasteiger partial charge in [-0.15, -0.1) is 0 Å². The number of rotatable bonds is 4. The van der Waals surface area contributed by atoms with Crippen LogP contribution in [0.3, 0.4) is 0 Å². The molecule has 0 saturated heterocycles. The lowest BCUT2D eigenvalue weighted by molar-refractivity contribution is -0.137. The minimum atomic E-state index is -4.76. The molecule has 168 valence electrons.